The molecule has 1 aliphatic heterocycles. The Morgan fingerprint density at radius 1 is 1.03 bits per heavy atom. The molecular formula is C24H18N4O2S. The number of aromatic nitrogens is 2. The lowest BCUT2D eigenvalue weighted by Crippen LogP contribution is -1.99. The summed E-state index contributed by atoms with van der Waals surface area (Å²) >= 11 is 1.35. The molecule has 1 aliphatic rings. The third kappa shape index (κ3) is 3.78. The van der Waals surface area contributed by atoms with Crippen molar-refractivity contribution in [3.8, 4) is 11.6 Å². The monoisotopic (exact) mass is 426 g/mol. The number of hydrogen-bond acceptors (Lipinski definition) is 7. The maximum absolute atomic E-state index is 10.5. The summed E-state index contributed by atoms with van der Waals surface area (Å²) in [5, 5.41) is 14.2. The number of benzene rings is 2. The zero-order chi connectivity index (χ0) is 21.2. The Labute approximate surface area is 183 Å². The fraction of sp³-hybridized carbons (Fsp3) is 0.0417. The second-order valence-corrected chi connectivity index (χ2v) is 7.85. The van der Waals surface area contributed by atoms with Gasteiger partial charge in [0.05, 0.1) is 23.4 Å². The van der Waals surface area contributed by atoms with Crippen molar-refractivity contribution in [2.45, 2.75) is 0 Å². The molecule has 0 radical (unpaired) electrons. The highest BCUT2D eigenvalue weighted by Crippen LogP contribution is 2.42. The fourth-order valence-corrected chi connectivity index (χ4v) is 4.18. The molecule has 5 rings (SSSR count). The van der Waals surface area contributed by atoms with Crippen LogP contribution in [0, 0.1) is 0 Å². The number of aromatic hydroxyl groups is 1. The van der Waals surface area contributed by atoms with Crippen LogP contribution in [0.3, 0.4) is 0 Å². The van der Waals surface area contributed by atoms with Gasteiger partial charge in [-0.15, -0.1) is 0 Å². The first kappa shape index (κ1) is 19.0. The highest BCUT2D eigenvalue weighted by atomic mass is 32.1. The van der Waals surface area contributed by atoms with Crippen LogP contribution in [-0.4, -0.2) is 27.9 Å². The van der Waals surface area contributed by atoms with Crippen LogP contribution in [0.4, 0.5) is 16.6 Å². The van der Waals surface area contributed by atoms with Crippen molar-refractivity contribution in [1.29, 1.82) is 0 Å². The third-order valence-electron chi connectivity index (χ3n) is 4.84. The summed E-state index contributed by atoms with van der Waals surface area (Å²) in [4.78, 5) is 14.0. The maximum atomic E-state index is 10.5. The second kappa shape index (κ2) is 8.04. The van der Waals surface area contributed by atoms with E-state index in [-0.39, 0.29) is 5.88 Å². The van der Waals surface area contributed by atoms with Crippen molar-refractivity contribution in [1.82, 2.24) is 9.97 Å². The van der Waals surface area contributed by atoms with Gasteiger partial charge in [-0.2, -0.15) is 4.98 Å². The summed E-state index contributed by atoms with van der Waals surface area (Å²) < 4.78 is 5.42. The minimum Gasteiger partial charge on any atom is -0.497 e. The van der Waals surface area contributed by atoms with Gasteiger partial charge in [0, 0.05) is 22.9 Å². The van der Waals surface area contributed by atoms with Gasteiger partial charge in [-0.3, -0.25) is 0 Å². The number of pyridine rings is 1. The molecular weight excluding hydrogens is 408 g/mol. The summed E-state index contributed by atoms with van der Waals surface area (Å²) in [5.74, 6) is 1.37. The molecule has 3 heterocycles. The first-order valence-corrected chi connectivity index (χ1v) is 10.5. The molecule has 4 aromatic rings. The molecule has 0 amide bonds. The molecule has 2 aromatic heterocycles. The zero-order valence-corrected chi connectivity index (χ0v) is 17.4. The summed E-state index contributed by atoms with van der Waals surface area (Å²) in [5.41, 5.74) is 4.56. The molecule has 0 saturated carbocycles. The van der Waals surface area contributed by atoms with Gasteiger partial charge in [0.2, 0.25) is 5.88 Å². The number of allylic oxidation sites excluding steroid dienone is 1. The van der Waals surface area contributed by atoms with E-state index >= 15 is 0 Å². The third-order valence-corrected chi connectivity index (χ3v) is 5.75. The highest BCUT2D eigenvalue weighted by Gasteiger charge is 2.24. The Bertz CT molecular complexity index is 1300. The molecule has 0 saturated heterocycles. The van der Waals surface area contributed by atoms with Gasteiger partial charge in [0.1, 0.15) is 11.6 Å². The smallest absolute Gasteiger partial charge is 0.231 e. The van der Waals surface area contributed by atoms with Crippen LogP contribution < -0.4 is 10.1 Å². The minimum absolute atomic E-state index is 0.0420. The molecule has 7 heteroatoms. The molecule has 2 aromatic carbocycles. The average molecular weight is 427 g/mol. The van der Waals surface area contributed by atoms with Crippen molar-refractivity contribution in [3.05, 3.63) is 88.9 Å². The van der Waals surface area contributed by atoms with Gasteiger partial charge in [-0.05, 0) is 36.4 Å². The van der Waals surface area contributed by atoms with Gasteiger partial charge in [0.25, 0.3) is 0 Å². The Morgan fingerprint density at radius 3 is 2.65 bits per heavy atom. The molecule has 2 N–H and O–H groups in total. The summed E-state index contributed by atoms with van der Waals surface area (Å²) in [6.07, 6.45) is 3.62. The number of fused-ring (bicyclic) bond motifs is 1. The minimum atomic E-state index is -0.0420. The summed E-state index contributed by atoms with van der Waals surface area (Å²) in [6, 6.07) is 21.4. The summed E-state index contributed by atoms with van der Waals surface area (Å²) in [6.45, 7) is 0. The highest BCUT2D eigenvalue weighted by molar-refractivity contribution is 7.16. The molecule has 152 valence electrons. The van der Waals surface area contributed by atoms with E-state index in [2.05, 4.69) is 15.3 Å². The van der Waals surface area contributed by atoms with Crippen molar-refractivity contribution in [2.75, 3.05) is 12.4 Å². The number of aliphatic imine (C=N–C) groups is 1. The largest absolute Gasteiger partial charge is 0.497 e. The number of nitrogens with zero attached hydrogens (tertiary/aromatic N) is 3. The van der Waals surface area contributed by atoms with Crippen molar-refractivity contribution in [3.63, 3.8) is 0 Å². The predicted molar refractivity (Wildman–Crippen MR) is 125 cm³/mol. The van der Waals surface area contributed by atoms with E-state index in [9.17, 15) is 5.11 Å². The molecule has 6 nitrogen and oxygen atoms in total. The average Bonchev–Trinajstić information content (AvgIpc) is 3.34. The van der Waals surface area contributed by atoms with Crippen LogP contribution in [0.25, 0.3) is 11.6 Å². The van der Waals surface area contributed by atoms with Gasteiger partial charge in [0.15, 0.2) is 5.13 Å². The molecule has 0 aliphatic carbocycles. The van der Waals surface area contributed by atoms with Gasteiger partial charge in [-0.1, -0.05) is 47.7 Å². The van der Waals surface area contributed by atoms with E-state index in [1.165, 1.54) is 11.3 Å². The SMILES string of the molecule is COc1ccc2c(c1)C(=Cc1sc(Nc3ccccn3)nc1O)C(c1ccccc1)=N2. The molecule has 0 atom stereocenters. The van der Waals surface area contributed by atoms with Crippen LogP contribution in [0.5, 0.6) is 11.6 Å². The van der Waals surface area contributed by atoms with Crippen molar-refractivity contribution < 1.29 is 9.84 Å². The standard InChI is InChI=1S/C24H18N4O2S/c1-30-16-10-11-19-17(13-16)18(22(26-19)15-7-3-2-4-8-15)14-20-23(29)28-24(31-20)27-21-9-5-6-12-25-21/h2-14,29H,1H3,(H,25,27,28). The van der Waals surface area contributed by atoms with Crippen molar-refractivity contribution >= 4 is 45.3 Å². The molecule has 0 spiro atoms. The van der Waals surface area contributed by atoms with Crippen molar-refractivity contribution in [2.24, 2.45) is 4.99 Å². The lowest BCUT2D eigenvalue weighted by Gasteiger charge is -2.07. The lowest BCUT2D eigenvalue weighted by molar-refractivity contribution is 0.415. The first-order chi connectivity index (χ1) is 15.2. The number of methoxy groups -OCH3 is 1. The topological polar surface area (TPSA) is 79.6 Å². The number of anilines is 2. The van der Waals surface area contributed by atoms with E-state index in [0.29, 0.717) is 15.8 Å². The molecule has 0 fully saturated rings. The Hall–Kier alpha value is -3.97. The van der Waals surface area contributed by atoms with Crippen LogP contribution in [0.15, 0.2) is 77.9 Å². The number of nitrogens with one attached hydrogen (secondary N) is 1. The van der Waals surface area contributed by atoms with E-state index in [1.807, 2.05) is 72.8 Å². The number of ether oxygens (including phenoxy) is 1. The second-order valence-electron chi connectivity index (χ2n) is 6.81. The van der Waals surface area contributed by atoms with Crippen LogP contribution in [0.1, 0.15) is 16.0 Å². The van der Waals surface area contributed by atoms with Gasteiger partial charge in [-0.25, -0.2) is 9.98 Å². The van der Waals surface area contributed by atoms with E-state index < -0.39 is 0 Å². The van der Waals surface area contributed by atoms with Crippen LogP contribution >= 0.6 is 11.3 Å². The quantitative estimate of drug-likeness (QED) is 0.430. The van der Waals surface area contributed by atoms with E-state index in [1.54, 1.807) is 13.3 Å². The van der Waals surface area contributed by atoms with Gasteiger partial charge < -0.3 is 15.2 Å². The zero-order valence-electron chi connectivity index (χ0n) is 16.6. The van der Waals surface area contributed by atoms with Crippen LogP contribution in [0.2, 0.25) is 0 Å². The number of hydrogen-bond donors (Lipinski definition) is 2. The van der Waals surface area contributed by atoms with E-state index in [4.69, 9.17) is 9.73 Å². The predicted octanol–water partition coefficient (Wildman–Crippen LogP) is 5.67. The lowest BCUT2D eigenvalue weighted by atomic mass is 9.97. The molecule has 0 unspecified atom stereocenters. The number of rotatable bonds is 5. The Morgan fingerprint density at radius 2 is 1.87 bits per heavy atom. The Kier molecular flexibility index (Phi) is 4.93. The van der Waals surface area contributed by atoms with Gasteiger partial charge >= 0.3 is 0 Å². The van der Waals surface area contributed by atoms with Crippen LogP contribution in [-0.2, 0) is 0 Å². The van der Waals surface area contributed by atoms with E-state index in [0.717, 1.165) is 33.8 Å². The normalized spacial score (nSPS) is 13.7. The Balaban J connectivity index is 1.58. The number of thiazole rings is 1. The molecule has 31 heavy (non-hydrogen) atoms. The molecule has 0 bridgehead atoms. The fourth-order valence-electron chi connectivity index (χ4n) is 3.37. The summed E-state index contributed by atoms with van der Waals surface area (Å²) in [7, 11) is 1.64. The first-order valence-electron chi connectivity index (χ1n) is 9.64. The maximum Gasteiger partial charge on any atom is 0.231 e.